The lowest BCUT2D eigenvalue weighted by molar-refractivity contribution is -0.148. The van der Waals surface area contributed by atoms with Crippen LogP contribution in [0.15, 0.2) is 0 Å². The molecule has 1 aliphatic rings. The van der Waals surface area contributed by atoms with E-state index in [0.717, 1.165) is 25.8 Å². The first-order valence-corrected chi connectivity index (χ1v) is 5.40. The van der Waals surface area contributed by atoms with E-state index in [9.17, 15) is 4.79 Å². The van der Waals surface area contributed by atoms with E-state index >= 15 is 0 Å². The van der Waals surface area contributed by atoms with Crippen molar-refractivity contribution >= 4 is 5.97 Å². The number of nitriles is 1. The minimum absolute atomic E-state index is 0.0322. The monoisotopic (exact) mass is 210 g/mol. The van der Waals surface area contributed by atoms with Crippen LogP contribution < -0.4 is 0 Å². The van der Waals surface area contributed by atoms with Crippen LogP contribution in [0.3, 0.4) is 0 Å². The van der Waals surface area contributed by atoms with Crippen molar-refractivity contribution in [2.24, 2.45) is 5.92 Å². The molecule has 84 valence electrons. The molecule has 0 aromatic heterocycles. The van der Waals surface area contributed by atoms with E-state index < -0.39 is 0 Å². The van der Waals surface area contributed by atoms with Gasteiger partial charge < -0.3 is 4.74 Å². The largest absolute Gasteiger partial charge is 0.468 e. The fraction of sp³-hybridized carbons (Fsp3) is 0.818. The molecule has 1 unspecified atom stereocenters. The Morgan fingerprint density at radius 2 is 2.40 bits per heavy atom. The highest BCUT2D eigenvalue weighted by atomic mass is 16.5. The number of carbonyl (C=O) groups is 1. The number of carbonyl (C=O) groups excluding carboxylic acids is 1. The zero-order chi connectivity index (χ0) is 11.3. The van der Waals surface area contributed by atoms with Crippen LogP contribution in [0.2, 0.25) is 0 Å². The molecule has 2 atom stereocenters. The molecule has 0 N–H and O–H groups in total. The van der Waals surface area contributed by atoms with Crippen molar-refractivity contribution in [3.05, 3.63) is 0 Å². The van der Waals surface area contributed by atoms with Crippen molar-refractivity contribution in [2.75, 3.05) is 20.2 Å². The average molecular weight is 210 g/mol. The molecule has 0 aromatic rings. The summed E-state index contributed by atoms with van der Waals surface area (Å²) in [6.45, 7) is 3.44. The van der Waals surface area contributed by atoms with Gasteiger partial charge in [-0.05, 0) is 26.3 Å². The maximum atomic E-state index is 11.5. The highest BCUT2D eigenvalue weighted by Gasteiger charge is 2.29. The maximum Gasteiger partial charge on any atom is 0.323 e. The number of rotatable bonds is 3. The molecule has 0 amide bonds. The summed E-state index contributed by atoms with van der Waals surface area (Å²) < 4.78 is 4.77. The zero-order valence-electron chi connectivity index (χ0n) is 9.40. The van der Waals surface area contributed by atoms with E-state index in [1.807, 2.05) is 6.92 Å². The van der Waals surface area contributed by atoms with Crippen molar-refractivity contribution < 1.29 is 9.53 Å². The molecular formula is C11H18N2O2. The van der Waals surface area contributed by atoms with Crippen molar-refractivity contribution in [2.45, 2.75) is 32.2 Å². The first-order valence-electron chi connectivity index (χ1n) is 5.40. The Morgan fingerprint density at radius 3 is 3.00 bits per heavy atom. The number of nitrogens with zero attached hydrogens (tertiary/aromatic N) is 2. The summed E-state index contributed by atoms with van der Waals surface area (Å²) in [6, 6.07) is 2.06. The lowest BCUT2D eigenvalue weighted by Gasteiger charge is -2.34. The minimum Gasteiger partial charge on any atom is -0.468 e. The fourth-order valence-electron chi connectivity index (χ4n) is 2.01. The second-order valence-corrected chi connectivity index (χ2v) is 4.06. The fourth-order valence-corrected chi connectivity index (χ4v) is 2.01. The summed E-state index contributed by atoms with van der Waals surface area (Å²) in [5.41, 5.74) is 0. The highest BCUT2D eigenvalue weighted by molar-refractivity contribution is 5.75. The van der Waals surface area contributed by atoms with Crippen LogP contribution in [0, 0.1) is 17.2 Å². The van der Waals surface area contributed by atoms with Crippen molar-refractivity contribution in [1.82, 2.24) is 4.90 Å². The van der Waals surface area contributed by atoms with E-state index in [4.69, 9.17) is 10.00 Å². The molecule has 1 saturated heterocycles. The zero-order valence-corrected chi connectivity index (χ0v) is 9.40. The Morgan fingerprint density at radius 1 is 1.67 bits per heavy atom. The second kappa shape index (κ2) is 5.72. The molecule has 1 fully saturated rings. The van der Waals surface area contributed by atoms with E-state index in [2.05, 4.69) is 11.0 Å². The molecule has 1 aliphatic heterocycles. The normalized spacial score (nSPS) is 24.2. The van der Waals surface area contributed by atoms with Crippen LogP contribution in [0.4, 0.5) is 0 Å². The Bertz CT molecular complexity index is 260. The summed E-state index contributed by atoms with van der Waals surface area (Å²) >= 11 is 0. The van der Waals surface area contributed by atoms with E-state index in [1.165, 1.54) is 7.11 Å². The number of likely N-dealkylation sites (tertiary alicyclic amines) is 1. The van der Waals surface area contributed by atoms with Gasteiger partial charge in [-0.15, -0.1) is 0 Å². The summed E-state index contributed by atoms with van der Waals surface area (Å²) in [6.07, 6.45) is 3.02. The molecular weight excluding hydrogens is 192 g/mol. The Hall–Kier alpha value is -1.08. The molecule has 0 spiro atoms. The molecule has 15 heavy (non-hydrogen) atoms. The summed E-state index contributed by atoms with van der Waals surface area (Å²) in [5, 5.41) is 8.75. The van der Waals surface area contributed by atoms with Crippen molar-refractivity contribution in [3.63, 3.8) is 0 Å². The third-order valence-corrected chi connectivity index (χ3v) is 2.82. The SMILES string of the molecule is COC(=O)[C@H]1CCCCN1CC(C)C#N. The second-order valence-electron chi connectivity index (χ2n) is 4.06. The quantitative estimate of drug-likeness (QED) is 0.656. The molecule has 0 aromatic carbocycles. The van der Waals surface area contributed by atoms with Gasteiger partial charge in [0.25, 0.3) is 0 Å². The molecule has 0 radical (unpaired) electrons. The van der Waals surface area contributed by atoms with E-state index in [0.29, 0.717) is 6.54 Å². The van der Waals surface area contributed by atoms with Crippen LogP contribution in [0.25, 0.3) is 0 Å². The Balaban J connectivity index is 2.58. The summed E-state index contributed by atoms with van der Waals surface area (Å²) in [7, 11) is 1.42. The average Bonchev–Trinajstić information content (AvgIpc) is 2.28. The van der Waals surface area contributed by atoms with Crippen molar-refractivity contribution in [1.29, 1.82) is 5.26 Å². The van der Waals surface area contributed by atoms with Gasteiger partial charge in [-0.2, -0.15) is 5.26 Å². The third-order valence-electron chi connectivity index (χ3n) is 2.82. The van der Waals surface area contributed by atoms with Gasteiger partial charge in [0.05, 0.1) is 19.1 Å². The third kappa shape index (κ3) is 3.21. The number of methoxy groups -OCH3 is 1. The van der Waals surface area contributed by atoms with E-state index in [-0.39, 0.29) is 17.9 Å². The number of hydrogen-bond acceptors (Lipinski definition) is 4. The van der Waals surface area contributed by atoms with Gasteiger partial charge in [-0.25, -0.2) is 0 Å². The molecule has 0 bridgehead atoms. The Labute approximate surface area is 90.8 Å². The van der Waals surface area contributed by atoms with Gasteiger partial charge in [0, 0.05) is 6.54 Å². The molecule has 0 saturated carbocycles. The van der Waals surface area contributed by atoms with Gasteiger partial charge in [0.2, 0.25) is 0 Å². The smallest absolute Gasteiger partial charge is 0.323 e. The molecule has 4 heteroatoms. The van der Waals surface area contributed by atoms with Crippen LogP contribution in [-0.4, -0.2) is 37.1 Å². The number of piperidine rings is 1. The minimum atomic E-state index is -0.167. The van der Waals surface area contributed by atoms with Crippen LogP contribution in [-0.2, 0) is 9.53 Å². The van der Waals surface area contributed by atoms with Gasteiger partial charge in [-0.1, -0.05) is 6.42 Å². The molecule has 4 nitrogen and oxygen atoms in total. The van der Waals surface area contributed by atoms with Crippen molar-refractivity contribution in [3.8, 4) is 6.07 Å². The van der Waals surface area contributed by atoms with Crippen LogP contribution in [0.1, 0.15) is 26.2 Å². The highest BCUT2D eigenvalue weighted by Crippen LogP contribution is 2.19. The Kier molecular flexibility index (Phi) is 4.57. The van der Waals surface area contributed by atoms with Gasteiger partial charge in [-0.3, -0.25) is 9.69 Å². The standard InChI is InChI=1S/C11H18N2O2/c1-9(7-12)8-13-6-4-3-5-10(13)11(14)15-2/h9-10H,3-6,8H2,1-2H3/t9?,10-/m1/s1. The first kappa shape index (κ1) is 12.0. The number of esters is 1. The lowest BCUT2D eigenvalue weighted by Crippen LogP contribution is -2.46. The maximum absolute atomic E-state index is 11.5. The predicted octanol–water partition coefficient (Wildman–Crippen LogP) is 1.17. The van der Waals surface area contributed by atoms with Crippen LogP contribution >= 0.6 is 0 Å². The summed E-state index contributed by atoms with van der Waals surface area (Å²) in [5.74, 6) is -0.199. The van der Waals surface area contributed by atoms with Gasteiger partial charge in [0.1, 0.15) is 6.04 Å². The van der Waals surface area contributed by atoms with Crippen LogP contribution in [0.5, 0.6) is 0 Å². The van der Waals surface area contributed by atoms with Gasteiger partial charge in [0.15, 0.2) is 0 Å². The first-order chi connectivity index (χ1) is 7.19. The predicted molar refractivity (Wildman–Crippen MR) is 56.0 cm³/mol. The van der Waals surface area contributed by atoms with E-state index in [1.54, 1.807) is 0 Å². The van der Waals surface area contributed by atoms with Gasteiger partial charge >= 0.3 is 5.97 Å². The molecule has 1 rings (SSSR count). The lowest BCUT2D eigenvalue weighted by atomic mass is 10.0. The topological polar surface area (TPSA) is 53.3 Å². The number of ether oxygens (including phenoxy) is 1. The number of hydrogen-bond donors (Lipinski definition) is 0. The summed E-state index contributed by atoms with van der Waals surface area (Å²) in [4.78, 5) is 13.6. The molecule has 0 aliphatic carbocycles. The molecule has 1 heterocycles.